The van der Waals surface area contributed by atoms with E-state index in [4.69, 9.17) is 11.6 Å². The van der Waals surface area contributed by atoms with Crippen molar-refractivity contribution in [3.05, 3.63) is 70.5 Å². The van der Waals surface area contributed by atoms with Gasteiger partial charge in [-0.25, -0.2) is 0 Å². The van der Waals surface area contributed by atoms with Gasteiger partial charge in [0.25, 0.3) is 0 Å². The van der Waals surface area contributed by atoms with Crippen LogP contribution in [-0.4, -0.2) is 68.6 Å². The molecular weight excluding hydrogens is 388 g/mol. The first-order valence-corrected chi connectivity index (χ1v) is 9.98. The number of piperazine rings is 1. The zero-order valence-electron chi connectivity index (χ0n) is 16.5. The number of hydrogen-bond acceptors (Lipinski definition) is 6. The monoisotopic (exact) mass is 410 g/mol. The standard InChI is InChI=1S/C21H23ClN6O/c1-15-24-25-20(14-27-11-9-26(2)10-12-27)28(15)19-7-6-16(22)13-17(19)21(29)18-5-3-4-8-23-18/h3-8,13H,9-12,14H2,1-2H3. The second-order valence-corrected chi connectivity index (χ2v) is 7.72. The SMILES string of the molecule is Cc1nnc(CN2CCN(C)CC2)n1-c1ccc(Cl)cc1C(=O)c1ccccn1. The molecule has 0 radical (unpaired) electrons. The average molecular weight is 411 g/mol. The van der Waals surface area contributed by atoms with E-state index in [1.807, 2.05) is 17.6 Å². The summed E-state index contributed by atoms with van der Waals surface area (Å²) < 4.78 is 1.95. The summed E-state index contributed by atoms with van der Waals surface area (Å²) in [6, 6.07) is 10.6. The summed E-state index contributed by atoms with van der Waals surface area (Å²) in [6.45, 7) is 6.57. The van der Waals surface area contributed by atoms with Gasteiger partial charge in [0.05, 0.1) is 12.2 Å². The highest BCUT2D eigenvalue weighted by atomic mass is 35.5. The van der Waals surface area contributed by atoms with Gasteiger partial charge in [-0.05, 0) is 44.3 Å². The van der Waals surface area contributed by atoms with E-state index >= 15 is 0 Å². The molecule has 2 aromatic heterocycles. The molecule has 1 aliphatic heterocycles. The van der Waals surface area contributed by atoms with Crippen molar-refractivity contribution >= 4 is 17.4 Å². The quantitative estimate of drug-likeness (QED) is 0.602. The van der Waals surface area contributed by atoms with Crippen molar-refractivity contribution in [3.8, 4) is 5.69 Å². The van der Waals surface area contributed by atoms with Crippen LogP contribution in [0, 0.1) is 6.92 Å². The summed E-state index contributed by atoms with van der Waals surface area (Å²) in [5, 5.41) is 9.18. The van der Waals surface area contributed by atoms with Gasteiger partial charge in [0.15, 0.2) is 5.82 Å². The van der Waals surface area contributed by atoms with Crippen LogP contribution in [0.1, 0.15) is 27.7 Å². The number of rotatable bonds is 5. The summed E-state index contributed by atoms with van der Waals surface area (Å²) in [6.07, 6.45) is 1.61. The Morgan fingerprint density at radius 3 is 2.62 bits per heavy atom. The molecule has 0 atom stereocenters. The first-order valence-electron chi connectivity index (χ1n) is 9.60. The number of carbonyl (C=O) groups excluding carboxylic acids is 1. The molecule has 0 amide bonds. The lowest BCUT2D eigenvalue weighted by Gasteiger charge is -2.32. The van der Waals surface area contributed by atoms with Gasteiger partial charge in [-0.15, -0.1) is 10.2 Å². The molecule has 150 valence electrons. The molecule has 0 spiro atoms. The van der Waals surface area contributed by atoms with Crippen molar-refractivity contribution in [2.45, 2.75) is 13.5 Å². The molecule has 1 fully saturated rings. The molecule has 8 heteroatoms. The van der Waals surface area contributed by atoms with E-state index in [-0.39, 0.29) is 5.78 Å². The Kier molecular flexibility index (Phi) is 5.71. The highest BCUT2D eigenvalue weighted by Crippen LogP contribution is 2.25. The van der Waals surface area contributed by atoms with E-state index in [0.29, 0.717) is 22.8 Å². The Bertz CT molecular complexity index is 1010. The molecule has 1 saturated heterocycles. The predicted molar refractivity (Wildman–Crippen MR) is 112 cm³/mol. The van der Waals surface area contributed by atoms with Crippen molar-refractivity contribution in [2.24, 2.45) is 0 Å². The van der Waals surface area contributed by atoms with Crippen molar-refractivity contribution in [1.82, 2.24) is 29.5 Å². The van der Waals surface area contributed by atoms with Crippen LogP contribution >= 0.6 is 11.6 Å². The Morgan fingerprint density at radius 2 is 1.90 bits per heavy atom. The second kappa shape index (κ2) is 8.41. The summed E-state index contributed by atoms with van der Waals surface area (Å²) in [5.41, 5.74) is 1.58. The molecule has 3 heterocycles. The third kappa shape index (κ3) is 4.22. The Hall–Kier alpha value is -2.61. The summed E-state index contributed by atoms with van der Waals surface area (Å²) in [5.74, 6) is 1.36. The minimum absolute atomic E-state index is 0.179. The zero-order valence-corrected chi connectivity index (χ0v) is 17.3. The van der Waals surface area contributed by atoms with Gasteiger partial charge in [0.1, 0.15) is 11.5 Å². The molecule has 1 aromatic carbocycles. The number of hydrogen-bond donors (Lipinski definition) is 0. The predicted octanol–water partition coefficient (Wildman–Crippen LogP) is 2.60. The lowest BCUT2D eigenvalue weighted by Crippen LogP contribution is -2.44. The molecule has 3 aromatic rings. The van der Waals surface area contributed by atoms with E-state index in [1.54, 1.807) is 36.5 Å². The molecule has 0 aliphatic carbocycles. The van der Waals surface area contributed by atoms with E-state index in [9.17, 15) is 4.79 Å². The molecule has 0 unspecified atom stereocenters. The molecule has 29 heavy (non-hydrogen) atoms. The van der Waals surface area contributed by atoms with Crippen LogP contribution in [0.3, 0.4) is 0 Å². The lowest BCUT2D eigenvalue weighted by atomic mass is 10.0. The maximum atomic E-state index is 13.2. The minimum atomic E-state index is -0.179. The number of likely N-dealkylation sites (N-methyl/N-ethyl adjacent to an activating group) is 1. The molecule has 0 N–H and O–H groups in total. The number of ketones is 1. The van der Waals surface area contributed by atoms with Gasteiger partial charge in [-0.3, -0.25) is 19.2 Å². The molecule has 0 bridgehead atoms. The fraction of sp³-hybridized carbons (Fsp3) is 0.333. The molecule has 7 nitrogen and oxygen atoms in total. The van der Waals surface area contributed by atoms with Crippen molar-refractivity contribution < 1.29 is 4.79 Å². The summed E-state index contributed by atoms with van der Waals surface area (Å²) in [7, 11) is 2.13. The summed E-state index contributed by atoms with van der Waals surface area (Å²) >= 11 is 6.23. The summed E-state index contributed by atoms with van der Waals surface area (Å²) in [4.78, 5) is 22.1. The Balaban J connectivity index is 1.72. The number of aryl methyl sites for hydroxylation is 1. The first-order chi connectivity index (χ1) is 14.0. The fourth-order valence-corrected chi connectivity index (χ4v) is 3.72. The highest BCUT2D eigenvalue weighted by molar-refractivity contribution is 6.31. The topological polar surface area (TPSA) is 67.2 Å². The molecule has 0 saturated carbocycles. The largest absolute Gasteiger partial charge is 0.304 e. The first kappa shape index (κ1) is 19.7. The van der Waals surface area contributed by atoms with Crippen LogP contribution in [0.5, 0.6) is 0 Å². The molecule has 4 rings (SSSR count). The molecule has 1 aliphatic rings. The number of nitrogens with zero attached hydrogens (tertiary/aromatic N) is 6. The van der Waals surface area contributed by atoms with Crippen molar-refractivity contribution in [1.29, 1.82) is 0 Å². The minimum Gasteiger partial charge on any atom is -0.304 e. The van der Waals surface area contributed by atoms with Gasteiger partial charge in [0.2, 0.25) is 5.78 Å². The van der Waals surface area contributed by atoms with Gasteiger partial charge in [0, 0.05) is 43.0 Å². The zero-order chi connectivity index (χ0) is 20.4. The number of halogens is 1. The van der Waals surface area contributed by atoms with Crippen LogP contribution in [0.4, 0.5) is 0 Å². The highest BCUT2D eigenvalue weighted by Gasteiger charge is 2.22. The van der Waals surface area contributed by atoms with Gasteiger partial charge < -0.3 is 4.90 Å². The maximum Gasteiger partial charge on any atom is 0.213 e. The maximum absolute atomic E-state index is 13.2. The van der Waals surface area contributed by atoms with Crippen LogP contribution in [0.2, 0.25) is 5.02 Å². The average Bonchev–Trinajstić information content (AvgIpc) is 3.09. The Morgan fingerprint density at radius 1 is 1.10 bits per heavy atom. The number of benzene rings is 1. The van der Waals surface area contributed by atoms with E-state index in [2.05, 4.69) is 32.0 Å². The number of aromatic nitrogens is 4. The smallest absolute Gasteiger partial charge is 0.213 e. The van der Waals surface area contributed by atoms with E-state index < -0.39 is 0 Å². The van der Waals surface area contributed by atoms with Crippen LogP contribution < -0.4 is 0 Å². The number of pyridine rings is 1. The van der Waals surface area contributed by atoms with Gasteiger partial charge >= 0.3 is 0 Å². The van der Waals surface area contributed by atoms with Crippen molar-refractivity contribution in [3.63, 3.8) is 0 Å². The van der Waals surface area contributed by atoms with E-state index in [0.717, 1.165) is 43.5 Å². The van der Waals surface area contributed by atoms with Crippen LogP contribution in [0.25, 0.3) is 5.69 Å². The Labute approximate surface area is 174 Å². The number of carbonyl (C=O) groups is 1. The van der Waals surface area contributed by atoms with E-state index in [1.165, 1.54) is 0 Å². The third-order valence-electron chi connectivity index (χ3n) is 5.19. The second-order valence-electron chi connectivity index (χ2n) is 7.28. The van der Waals surface area contributed by atoms with Gasteiger partial charge in [-0.2, -0.15) is 0 Å². The normalized spacial score (nSPS) is 15.6. The third-order valence-corrected chi connectivity index (χ3v) is 5.43. The lowest BCUT2D eigenvalue weighted by molar-refractivity contribution is 0.103. The van der Waals surface area contributed by atoms with Crippen LogP contribution in [0.15, 0.2) is 42.6 Å². The van der Waals surface area contributed by atoms with Gasteiger partial charge in [-0.1, -0.05) is 17.7 Å². The van der Waals surface area contributed by atoms with Crippen molar-refractivity contribution in [2.75, 3.05) is 33.2 Å². The fourth-order valence-electron chi connectivity index (χ4n) is 3.55. The molecular formula is C21H23ClN6O. The van der Waals surface area contributed by atoms with Crippen LogP contribution in [-0.2, 0) is 6.54 Å².